The standard InChI is InChI=1S/C30H43NO5/c1-7-20(3)18-21(4)19-24(8-2)26(33)17-11-9-10-15-25(32)16-13-12-14-22(5)28(34)27-29(35)23(6)31-30(27)36/h7,9-11,14-15,18,24-26,32-34H,6,8,12-13,16-17,19H2,1-5H3,(H,31,36)/b11-9+,15-10+,20-7+,21-18+,22-14+,28-27?/t24-,25-,26-/m1/s1. The summed E-state index contributed by atoms with van der Waals surface area (Å²) >= 11 is 0. The van der Waals surface area contributed by atoms with Gasteiger partial charge in [0.1, 0.15) is 11.3 Å². The van der Waals surface area contributed by atoms with E-state index in [9.17, 15) is 24.9 Å². The summed E-state index contributed by atoms with van der Waals surface area (Å²) in [6.45, 7) is 13.4. The SMILES string of the molecule is C=C1NC(=O)C(=C(O)/C(C)=C/CCC[C@H](O)/C=C/C=C/C[C@@H](O)[C@H](CC)C/C(C)=C/C(C)=C/C)C1=O. The number of carbonyl (C=O) groups excluding carboxylic acids is 2. The number of Topliss-reactive ketones (excluding diaryl/α,β-unsaturated/α-hetero) is 1. The number of hydrogen-bond acceptors (Lipinski definition) is 5. The number of carbonyl (C=O) groups is 2. The Morgan fingerprint density at radius 3 is 2.42 bits per heavy atom. The van der Waals surface area contributed by atoms with Crippen molar-refractivity contribution in [3.63, 3.8) is 0 Å². The normalized spacial score (nSPS) is 19.9. The first-order valence-electron chi connectivity index (χ1n) is 12.7. The molecule has 0 bridgehead atoms. The number of aliphatic hydroxyl groups excluding tert-OH is 3. The second-order valence-corrected chi connectivity index (χ2v) is 9.38. The van der Waals surface area contributed by atoms with Crippen LogP contribution in [0, 0.1) is 5.92 Å². The first-order valence-corrected chi connectivity index (χ1v) is 12.7. The first kappa shape index (κ1) is 31.1. The van der Waals surface area contributed by atoms with Gasteiger partial charge < -0.3 is 20.6 Å². The zero-order chi connectivity index (χ0) is 27.3. The molecular weight excluding hydrogens is 454 g/mol. The van der Waals surface area contributed by atoms with E-state index in [-0.39, 0.29) is 22.9 Å². The molecule has 4 N–H and O–H groups in total. The monoisotopic (exact) mass is 497 g/mol. The van der Waals surface area contributed by atoms with Crippen LogP contribution in [0.3, 0.4) is 0 Å². The summed E-state index contributed by atoms with van der Waals surface area (Å²) in [7, 11) is 0. The van der Waals surface area contributed by atoms with Crippen LogP contribution in [0.5, 0.6) is 0 Å². The van der Waals surface area contributed by atoms with Crippen molar-refractivity contribution < 1.29 is 24.9 Å². The summed E-state index contributed by atoms with van der Waals surface area (Å²) in [4.78, 5) is 23.7. The molecule has 1 heterocycles. The number of amides is 1. The lowest BCUT2D eigenvalue weighted by Crippen LogP contribution is -2.19. The minimum atomic E-state index is -0.645. The van der Waals surface area contributed by atoms with Crippen molar-refractivity contribution in [1.29, 1.82) is 0 Å². The predicted molar refractivity (Wildman–Crippen MR) is 146 cm³/mol. The Labute approximate surface area is 216 Å². The summed E-state index contributed by atoms with van der Waals surface area (Å²) in [5.74, 6) is -1.37. The molecular formula is C30H43NO5. The molecule has 0 aliphatic carbocycles. The number of allylic oxidation sites excluding steroid dienone is 9. The highest BCUT2D eigenvalue weighted by Crippen LogP contribution is 2.23. The molecule has 0 unspecified atom stereocenters. The lowest BCUT2D eigenvalue weighted by atomic mass is 9.89. The van der Waals surface area contributed by atoms with Crippen LogP contribution < -0.4 is 5.32 Å². The summed E-state index contributed by atoms with van der Waals surface area (Å²) in [5, 5.41) is 33.2. The van der Waals surface area contributed by atoms with Gasteiger partial charge in [0.15, 0.2) is 0 Å². The fraction of sp³-hybridized carbons (Fsp3) is 0.467. The number of hydrogen-bond donors (Lipinski definition) is 4. The molecule has 0 radical (unpaired) electrons. The van der Waals surface area contributed by atoms with Gasteiger partial charge in [-0.05, 0) is 71.3 Å². The Morgan fingerprint density at radius 2 is 1.83 bits per heavy atom. The van der Waals surface area contributed by atoms with E-state index in [4.69, 9.17) is 0 Å². The van der Waals surface area contributed by atoms with Gasteiger partial charge in [-0.15, -0.1) is 0 Å². The third-order valence-corrected chi connectivity index (χ3v) is 6.30. The van der Waals surface area contributed by atoms with Gasteiger partial charge in [-0.1, -0.05) is 73.6 Å². The maximum Gasteiger partial charge on any atom is 0.263 e. The van der Waals surface area contributed by atoms with E-state index >= 15 is 0 Å². The van der Waals surface area contributed by atoms with Crippen LogP contribution in [0.2, 0.25) is 0 Å². The molecule has 1 aliphatic rings. The molecule has 6 heteroatoms. The minimum Gasteiger partial charge on any atom is -0.507 e. The van der Waals surface area contributed by atoms with Gasteiger partial charge in [0, 0.05) is 0 Å². The van der Waals surface area contributed by atoms with Crippen molar-refractivity contribution in [2.75, 3.05) is 0 Å². The van der Waals surface area contributed by atoms with Crippen molar-refractivity contribution in [2.24, 2.45) is 5.92 Å². The van der Waals surface area contributed by atoms with Crippen LogP contribution in [-0.2, 0) is 9.59 Å². The molecule has 198 valence electrons. The van der Waals surface area contributed by atoms with Gasteiger partial charge in [-0.25, -0.2) is 0 Å². The second kappa shape index (κ2) is 15.9. The van der Waals surface area contributed by atoms with Crippen LogP contribution >= 0.6 is 0 Å². The van der Waals surface area contributed by atoms with E-state index in [1.54, 1.807) is 25.2 Å². The second-order valence-electron chi connectivity index (χ2n) is 9.38. The van der Waals surface area contributed by atoms with E-state index in [2.05, 4.69) is 44.8 Å². The van der Waals surface area contributed by atoms with E-state index in [1.165, 1.54) is 11.1 Å². The average molecular weight is 498 g/mol. The van der Waals surface area contributed by atoms with Gasteiger partial charge in [-0.3, -0.25) is 9.59 Å². The Bertz CT molecular complexity index is 977. The zero-order valence-corrected chi connectivity index (χ0v) is 22.4. The molecule has 0 saturated carbocycles. The summed E-state index contributed by atoms with van der Waals surface area (Å²) in [6.07, 6.45) is 16.3. The van der Waals surface area contributed by atoms with Crippen LogP contribution in [-0.4, -0.2) is 39.2 Å². The summed E-state index contributed by atoms with van der Waals surface area (Å²) in [5.41, 5.74) is 2.60. The third kappa shape index (κ3) is 10.3. The molecule has 0 spiro atoms. The molecule has 1 rings (SSSR count). The van der Waals surface area contributed by atoms with Crippen LogP contribution in [0.15, 0.2) is 82.9 Å². The highest BCUT2D eigenvalue weighted by Gasteiger charge is 2.33. The summed E-state index contributed by atoms with van der Waals surface area (Å²) < 4.78 is 0. The average Bonchev–Trinajstić information content (AvgIpc) is 3.09. The molecule has 0 aromatic heterocycles. The van der Waals surface area contributed by atoms with Gasteiger partial charge in [0.25, 0.3) is 5.91 Å². The number of aliphatic hydroxyl groups is 3. The van der Waals surface area contributed by atoms with Crippen molar-refractivity contribution in [3.8, 4) is 0 Å². The van der Waals surface area contributed by atoms with Crippen molar-refractivity contribution in [1.82, 2.24) is 5.32 Å². The molecule has 0 aromatic carbocycles. The lowest BCUT2D eigenvalue weighted by molar-refractivity contribution is -0.117. The van der Waals surface area contributed by atoms with Gasteiger partial charge in [0.05, 0.1) is 17.9 Å². The Morgan fingerprint density at radius 1 is 1.14 bits per heavy atom. The van der Waals surface area contributed by atoms with Crippen molar-refractivity contribution in [2.45, 2.75) is 85.4 Å². The Balaban J connectivity index is 2.46. The molecule has 36 heavy (non-hydrogen) atoms. The highest BCUT2D eigenvalue weighted by molar-refractivity contribution is 6.32. The Hall–Kier alpha value is -2.96. The maximum atomic E-state index is 11.9. The smallest absolute Gasteiger partial charge is 0.263 e. The van der Waals surface area contributed by atoms with Crippen LogP contribution in [0.25, 0.3) is 0 Å². The molecule has 1 amide bonds. The van der Waals surface area contributed by atoms with E-state index in [1.807, 2.05) is 19.1 Å². The van der Waals surface area contributed by atoms with E-state index in [0.29, 0.717) is 31.3 Å². The topological polar surface area (TPSA) is 107 Å². The van der Waals surface area contributed by atoms with Crippen molar-refractivity contribution in [3.05, 3.63) is 82.9 Å². The van der Waals surface area contributed by atoms with Gasteiger partial charge in [0.2, 0.25) is 5.78 Å². The summed E-state index contributed by atoms with van der Waals surface area (Å²) in [6, 6.07) is 0. The largest absolute Gasteiger partial charge is 0.507 e. The maximum absolute atomic E-state index is 11.9. The lowest BCUT2D eigenvalue weighted by Gasteiger charge is -2.21. The molecule has 6 nitrogen and oxygen atoms in total. The van der Waals surface area contributed by atoms with Crippen molar-refractivity contribution >= 4 is 11.7 Å². The van der Waals surface area contributed by atoms with Gasteiger partial charge in [-0.2, -0.15) is 0 Å². The number of nitrogens with one attached hydrogen (secondary N) is 1. The fourth-order valence-electron chi connectivity index (χ4n) is 3.94. The molecule has 1 saturated heterocycles. The zero-order valence-electron chi connectivity index (χ0n) is 22.4. The number of rotatable bonds is 14. The molecule has 1 fully saturated rings. The fourth-order valence-corrected chi connectivity index (χ4v) is 3.94. The van der Waals surface area contributed by atoms with Crippen LogP contribution in [0.4, 0.5) is 0 Å². The van der Waals surface area contributed by atoms with E-state index < -0.39 is 23.9 Å². The van der Waals surface area contributed by atoms with Gasteiger partial charge >= 0.3 is 0 Å². The highest BCUT2D eigenvalue weighted by atomic mass is 16.3. The Kier molecular flexibility index (Phi) is 13.7. The quantitative estimate of drug-likeness (QED) is 0.0812. The number of unbranched alkanes of at least 4 members (excludes halogenated alkanes) is 1. The molecule has 0 aromatic rings. The molecule has 1 aliphatic heterocycles. The number of ketones is 1. The van der Waals surface area contributed by atoms with Crippen LogP contribution in [0.1, 0.15) is 73.1 Å². The predicted octanol–water partition coefficient (Wildman–Crippen LogP) is 5.68. The minimum absolute atomic E-state index is 0.0413. The third-order valence-electron chi connectivity index (χ3n) is 6.30. The van der Waals surface area contributed by atoms with E-state index in [0.717, 1.165) is 12.8 Å². The first-order chi connectivity index (χ1) is 17.0. The molecule has 3 atom stereocenters.